The molecule has 1 aromatic carbocycles. The van der Waals surface area contributed by atoms with Gasteiger partial charge in [-0.1, -0.05) is 31.2 Å². The van der Waals surface area contributed by atoms with Crippen molar-refractivity contribution in [3.8, 4) is 5.75 Å². The molecule has 0 saturated heterocycles. The van der Waals surface area contributed by atoms with Crippen molar-refractivity contribution in [2.75, 3.05) is 0 Å². The fourth-order valence-corrected chi connectivity index (χ4v) is 3.36. The first-order valence-corrected chi connectivity index (χ1v) is 9.42. The van der Waals surface area contributed by atoms with Gasteiger partial charge in [-0.2, -0.15) is 9.50 Å². The van der Waals surface area contributed by atoms with Crippen LogP contribution in [-0.4, -0.2) is 19.6 Å². The second-order valence-corrected chi connectivity index (χ2v) is 7.52. The average Bonchev–Trinajstić information content (AvgIpc) is 3.05. The van der Waals surface area contributed by atoms with E-state index in [1.54, 1.807) is 0 Å². The SMILES string of the molecule is CC1C=C(c2nc3nc(COc4cccc(I)c4)cc(=O)n3[nH]2)C=CC1. The predicted octanol–water partition coefficient (Wildman–Crippen LogP) is 3.58. The molecule has 3 aromatic rings. The second-order valence-electron chi connectivity index (χ2n) is 6.28. The Kier molecular flexibility index (Phi) is 4.62. The summed E-state index contributed by atoms with van der Waals surface area (Å²) in [5.74, 6) is 2.19. The number of nitrogens with one attached hydrogen (secondary N) is 1. The molecule has 0 saturated carbocycles. The molecule has 1 N–H and O–H groups in total. The zero-order valence-corrected chi connectivity index (χ0v) is 16.3. The van der Waals surface area contributed by atoms with Crippen LogP contribution in [0.5, 0.6) is 5.75 Å². The lowest BCUT2D eigenvalue weighted by molar-refractivity contribution is 0.301. The average molecular weight is 460 g/mol. The quantitative estimate of drug-likeness (QED) is 0.605. The van der Waals surface area contributed by atoms with E-state index in [-0.39, 0.29) is 12.2 Å². The number of ether oxygens (including phenoxy) is 1. The molecule has 1 aliphatic rings. The summed E-state index contributed by atoms with van der Waals surface area (Å²) in [5.41, 5.74) is 1.32. The molecule has 1 aliphatic carbocycles. The van der Waals surface area contributed by atoms with E-state index in [4.69, 9.17) is 4.74 Å². The minimum absolute atomic E-state index is 0.205. The summed E-state index contributed by atoms with van der Waals surface area (Å²) in [6.45, 7) is 2.37. The molecule has 4 rings (SSSR count). The standard InChI is InChI=1S/C19H17IN4O2/c1-12-4-2-5-13(8-12)18-22-19-21-15(10-17(25)24(19)23-18)11-26-16-7-3-6-14(20)9-16/h2-3,5-10,12H,4,11H2,1H3,(H,21,22,23). The number of rotatable bonds is 4. The van der Waals surface area contributed by atoms with E-state index in [0.717, 1.165) is 21.3 Å². The van der Waals surface area contributed by atoms with Gasteiger partial charge < -0.3 is 4.74 Å². The van der Waals surface area contributed by atoms with Crippen molar-refractivity contribution in [1.29, 1.82) is 0 Å². The number of aromatic amines is 1. The van der Waals surface area contributed by atoms with Gasteiger partial charge in [-0.25, -0.2) is 4.98 Å². The first-order chi connectivity index (χ1) is 12.6. The molecule has 1 unspecified atom stereocenters. The van der Waals surface area contributed by atoms with Gasteiger partial charge in [0.1, 0.15) is 12.4 Å². The largest absolute Gasteiger partial charge is 0.487 e. The third-order valence-electron chi connectivity index (χ3n) is 4.11. The Labute approximate surface area is 163 Å². The van der Waals surface area contributed by atoms with Gasteiger partial charge >= 0.3 is 0 Å². The fourth-order valence-electron chi connectivity index (χ4n) is 2.84. The molecule has 0 fully saturated rings. The highest BCUT2D eigenvalue weighted by atomic mass is 127. The van der Waals surface area contributed by atoms with Crippen LogP contribution in [0.4, 0.5) is 0 Å². The molecule has 0 spiro atoms. The van der Waals surface area contributed by atoms with Crippen LogP contribution in [0.1, 0.15) is 24.9 Å². The van der Waals surface area contributed by atoms with Crippen LogP contribution in [0.2, 0.25) is 0 Å². The van der Waals surface area contributed by atoms with Gasteiger partial charge in [-0.15, -0.1) is 0 Å². The predicted molar refractivity (Wildman–Crippen MR) is 108 cm³/mol. The minimum atomic E-state index is -0.205. The molecule has 2 heterocycles. The molecule has 7 heteroatoms. The molecule has 1 atom stereocenters. The molecule has 2 aromatic heterocycles. The number of halogens is 1. The normalized spacial score (nSPS) is 16.7. The minimum Gasteiger partial charge on any atom is -0.487 e. The van der Waals surface area contributed by atoms with E-state index < -0.39 is 0 Å². The topological polar surface area (TPSA) is 72.3 Å². The second kappa shape index (κ2) is 7.06. The van der Waals surface area contributed by atoms with Crippen molar-refractivity contribution in [3.63, 3.8) is 0 Å². The van der Waals surface area contributed by atoms with Gasteiger partial charge in [0.25, 0.3) is 11.3 Å². The van der Waals surface area contributed by atoms with E-state index in [1.807, 2.05) is 30.3 Å². The molecular weight excluding hydrogens is 443 g/mol. The summed E-state index contributed by atoms with van der Waals surface area (Å²) in [4.78, 5) is 21.3. The third kappa shape index (κ3) is 3.57. The summed E-state index contributed by atoms with van der Waals surface area (Å²) >= 11 is 2.23. The third-order valence-corrected chi connectivity index (χ3v) is 4.78. The van der Waals surface area contributed by atoms with Gasteiger partial charge in [0.05, 0.1) is 5.69 Å². The summed E-state index contributed by atoms with van der Waals surface area (Å²) in [7, 11) is 0. The highest BCUT2D eigenvalue weighted by Gasteiger charge is 2.13. The van der Waals surface area contributed by atoms with Crippen LogP contribution in [0, 0.1) is 9.49 Å². The Morgan fingerprint density at radius 3 is 3.04 bits per heavy atom. The monoisotopic (exact) mass is 460 g/mol. The Hall–Kier alpha value is -2.42. The van der Waals surface area contributed by atoms with Crippen LogP contribution in [0.25, 0.3) is 11.4 Å². The zero-order valence-electron chi connectivity index (χ0n) is 14.1. The molecule has 132 valence electrons. The van der Waals surface area contributed by atoms with Crippen LogP contribution < -0.4 is 10.3 Å². The van der Waals surface area contributed by atoms with Gasteiger partial charge in [0.2, 0.25) is 0 Å². The van der Waals surface area contributed by atoms with Crippen LogP contribution in [0.3, 0.4) is 0 Å². The fraction of sp³-hybridized carbons (Fsp3) is 0.211. The molecule has 26 heavy (non-hydrogen) atoms. The maximum Gasteiger partial charge on any atom is 0.274 e. The van der Waals surface area contributed by atoms with E-state index in [1.165, 1.54) is 10.6 Å². The van der Waals surface area contributed by atoms with Gasteiger partial charge in [-0.3, -0.25) is 9.89 Å². The van der Waals surface area contributed by atoms with E-state index in [0.29, 0.717) is 23.2 Å². The Morgan fingerprint density at radius 2 is 2.23 bits per heavy atom. The van der Waals surface area contributed by atoms with Crippen molar-refractivity contribution in [3.05, 3.63) is 74.0 Å². The summed E-state index contributed by atoms with van der Waals surface area (Å²) < 4.78 is 8.18. The van der Waals surface area contributed by atoms with Crippen molar-refractivity contribution in [2.45, 2.75) is 20.0 Å². The van der Waals surface area contributed by atoms with Gasteiger partial charge in [0.15, 0.2) is 5.82 Å². The summed E-state index contributed by atoms with van der Waals surface area (Å²) in [6.07, 6.45) is 7.29. The van der Waals surface area contributed by atoms with Crippen molar-refractivity contribution in [1.82, 2.24) is 19.6 Å². The number of aromatic nitrogens is 4. The van der Waals surface area contributed by atoms with Gasteiger partial charge in [0, 0.05) is 15.2 Å². The molecule has 0 radical (unpaired) electrons. The first kappa shape index (κ1) is 17.0. The van der Waals surface area contributed by atoms with E-state index in [2.05, 4.69) is 56.7 Å². The highest BCUT2D eigenvalue weighted by molar-refractivity contribution is 14.1. The van der Waals surface area contributed by atoms with E-state index >= 15 is 0 Å². The van der Waals surface area contributed by atoms with Crippen molar-refractivity contribution in [2.24, 2.45) is 5.92 Å². The molecular formula is C19H17IN4O2. The Balaban J connectivity index is 1.62. The summed E-state index contributed by atoms with van der Waals surface area (Å²) in [5, 5.41) is 3.03. The highest BCUT2D eigenvalue weighted by Crippen LogP contribution is 2.22. The first-order valence-electron chi connectivity index (χ1n) is 8.34. The number of benzene rings is 1. The molecule has 0 aliphatic heterocycles. The van der Waals surface area contributed by atoms with Gasteiger partial charge in [-0.05, 0) is 53.1 Å². The number of H-pyrrole nitrogens is 1. The Morgan fingerprint density at radius 1 is 1.35 bits per heavy atom. The van der Waals surface area contributed by atoms with Crippen molar-refractivity contribution >= 4 is 33.9 Å². The molecule has 6 nitrogen and oxygen atoms in total. The number of hydrogen-bond donors (Lipinski definition) is 1. The lowest BCUT2D eigenvalue weighted by atomic mass is 9.98. The summed E-state index contributed by atoms with van der Waals surface area (Å²) in [6, 6.07) is 9.20. The number of hydrogen-bond acceptors (Lipinski definition) is 4. The molecule has 0 amide bonds. The van der Waals surface area contributed by atoms with Crippen molar-refractivity contribution < 1.29 is 4.74 Å². The molecule has 0 bridgehead atoms. The van der Waals surface area contributed by atoms with Crippen LogP contribution in [0.15, 0.2) is 53.4 Å². The zero-order chi connectivity index (χ0) is 18.1. The number of nitrogens with zero attached hydrogens (tertiary/aromatic N) is 3. The lowest BCUT2D eigenvalue weighted by Gasteiger charge is -2.09. The maximum absolute atomic E-state index is 12.4. The smallest absolute Gasteiger partial charge is 0.274 e. The maximum atomic E-state index is 12.4. The van der Waals surface area contributed by atoms with Crippen LogP contribution in [-0.2, 0) is 6.61 Å². The van der Waals surface area contributed by atoms with E-state index in [9.17, 15) is 4.79 Å². The Bertz CT molecular complexity index is 1080. The number of allylic oxidation sites excluding steroid dienone is 4. The lowest BCUT2D eigenvalue weighted by Crippen LogP contribution is -2.16. The number of fused-ring (bicyclic) bond motifs is 1. The van der Waals surface area contributed by atoms with Crippen LogP contribution >= 0.6 is 22.6 Å².